The van der Waals surface area contributed by atoms with Gasteiger partial charge in [-0.25, -0.2) is 4.79 Å². The molecule has 0 saturated heterocycles. The van der Waals surface area contributed by atoms with Gasteiger partial charge in [0.1, 0.15) is 0 Å². The van der Waals surface area contributed by atoms with Gasteiger partial charge in [-0.05, 0) is 5.56 Å². The van der Waals surface area contributed by atoms with Crippen LogP contribution in [0, 0.1) is 10.1 Å². The molecule has 2 N–H and O–H groups in total. The molecule has 0 aliphatic carbocycles. The molecule has 17 heavy (non-hydrogen) atoms. The van der Waals surface area contributed by atoms with Crippen LogP contribution in [-0.4, -0.2) is 14.9 Å². The summed E-state index contributed by atoms with van der Waals surface area (Å²) in [5, 5.41) is 10.6. The van der Waals surface area contributed by atoms with Crippen LogP contribution in [0.15, 0.2) is 40.1 Å². The largest absolute Gasteiger partial charge is 0.325 e. The first-order valence-corrected chi connectivity index (χ1v) is 4.65. The Bertz CT molecular complexity index is 686. The summed E-state index contributed by atoms with van der Waals surface area (Å²) in [6.07, 6.45) is 1.22. The highest BCUT2D eigenvalue weighted by atomic mass is 16.6. The molecular formula is C10H7N3O4. The lowest BCUT2D eigenvalue weighted by molar-refractivity contribution is -0.384. The monoisotopic (exact) mass is 233 g/mol. The molecule has 0 bridgehead atoms. The van der Waals surface area contributed by atoms with Gasteiger partial charge in [0.25, 0.3) is 11.2 Å². The molecule has 7 heteroatoms. The summed E-state index contributed by atoms with van der Waals surface area (Å²) in [4.78, 5) is 36.7. The minimum Gasteiger partial charge on any atom is -0.313 e. The van der Waals surface area contributed by atoms with Gasteiger partial charge in [0.2, 0.25) is 0 Å². The van der Waals surface area contributed by atoms with E-state index in [1.165, 1.54) is 24.4 Å². The molecule has 0 fully saturated rings. The summed E-state index contributed by atoms with van der Waals surface area (Å²) in [5.41, 5.74) is -0.781. The fraction of sp³-hybridized carbons (Fsp3) is 0. The number of aromatic nitrogens is 2. The maximum atomic E-state index is 11.5. The van der Waals surface area contributed by atoms with Gasteiger partial charge < -0.3 is 4.98 Å². The van der Waals surface area contributed by atoms with Crippen molar-refractivity contribution in [2.75, 3.05) is 0 Å². The van der Waals surface area contributed by atoms with Crippen molar-refractivity contribution in [1.29, 1.82) is 0 Å². The molecule has 2 rings (SSSR count). The number of non-ortho nitro benzene ring substituents is 1. The Labute approximate surface area is 93.9 Å². The molecule has 0 spiro atoms. The van der Waals surface area contributed by atoms with E-state index in [9.17, 15) is 19.7 Å². The van der Waals surface area contributed by atoms with Crippen molar-refractivity contribution in [3.8, 4) is 11.1 Å². The third-order valence-corrected chi connectivity index (χ3v) is 2.19. The van der Waals surface area contributed by atoms with Crippen molar-refractivity contribution in [2.45, 2.75) is 0 Å². The van der Waals surface area contributed by atoms with Gasteiger partial charge in [-0.2, -0.15) is 0 Å². The van der Waals surface area contributed by atoms with Gasteiger partial charge in [0, 0.05) is 18.3 Å². The Morgan fingerprint density at radius 3 is 2.65 bits per heavy atom. The third kappa shape index (κ3) is 2.12. The van der Waals surface area contributed by atoms with E-state index < -0.39 is 16.2 Å². The number of H-pyrrole nitrogens is 2. The molecule has 2 aromatic rings. The van der Waals surface area contributed by atoms with Crippen LogP contribution in [0.3, 0.4) is 0 Å². The number of nitrogens with one attached hydrogen (secondary N) is 2. The number of hydrogen-bond acceptors (Lipinski definition) is 4. The van der Waals surface area contributed by atoms with Crippen molar-refractivity contribution < 1.29 is 4.92 Å². The maximum Gasteiger partial charge on any atom is 0.325 e. The second kappa shape index (κ2) is 4.05. The molecule has 1 aromatic carbocycles. The summed E-state index contributed by atoms with van der Waals surface area (Å²) in [6, 6.07) is 5.61. The first-order chi connectivity index (χ1) is 8.08. The smallest absolute Gasteiger partial charge is 0.313 e. The Morgan fingerprint density at radius 2 is 2.00 bits per heavy atom. The lowest BCUT2D eigenvalue weighted by Crippen LogP contribution is -2.22. The molecule has 1 aromatic heterocycles. The number of benzene rings is 1. The topological polar surface area (TPSA) is 109 Å². The zero-order valence-corrected chi connectivity index (χ0v) is 8.47. The lowest BCUT2D eigenvalue weighted by Gasteiger charge is -1.99. The van der Waals surface area contributed by atoms with E-state index in [2.05, 4.69) is 4.98 Å². The van der Waals surface area contributed by atoms with Crippen LogP contribution in [0.25, 0.3) is 11.1 Å². The molecule has 7 nitrogen and oxygen atoms in total. The molecule has 0 saturated carbocycles. The van der Waals surface area contributed by atoms with Gasteiger partial charge in [-0.3, -0.25) is 19.9 Å². The zero-order valence-electron chi connectivity index (χ0n) is 8.47. The molecule has 0 unspecified atom stereocenters. The van der Waals surface area contributed by atoms with Gasteiger partial charge in [-0.1, -0.05) is 12.1 Å². The van der Waals surface area contributed by atoms with Crippen molar-refractivity contribution in [1.82, 2.24) is 9.97 Å². The van der Waals surface area contributed by atoms with Crippen LogP contribution in [0.2, 0.25) is 0 Å². The molecule has 86 valence electrons. The maximum absolute atomic E-state index is 11.5. The van der Waals surface area contributed by atoms with E-state index in [1.54, 1.807) is 6.07 Å². The normalized spacial score (nSPS) is 10.1. The summed E-state index contributed by atoms with van der Waals surface area (Å²) < 4.78 is 0. The number of aromatic amines is 2. The van der Waals surface area contributed by atoms with E-state index in [0.717, 1.165) is 0 Å². The first kappa shape index (κ1) is 10.8. The van der Waals surface area contributed by atoms with Crippen LogP contribution >= 0.6 is 0 Å². The number of hydrogen-bond donors (Lipinski definition) is 2. The highest BCUT2D eigenvalue weighted by molar-refractivity contribution is 5.64. The molecule has 0 aliphatic rings. The summed E-state index contributed by atoms with van der Waals surface area (Å²) in [6.45, 7) is 0. The van der Waals surface area contributed by atoms with Crippen molar-refractivity contribution in [3.63, 3.8) is 0 Å². The highest BCUT2D eigenvalue weighted by Gasteiger charge is 2.09. The molecule has 0 atom stereocenters. The minimum atomic E-state index is -0.621. The fourth-order valence-corrected chi connectivity index (χ4v) is 1.41. The average Bonchev–Trinajstić information content (AvgIpc) is 2.29. The Balaban J connectivity index is 2.61. The SMILES string of the molecule is O=c1[nH]cc(-c2cccc([N+](=O)[O-])c2)c(=O)[nH]1. The van der Waals surface area contributed by atoms with E-state index in [0.29, 0.717) is 5.56 Å². The first-order valence-electron chi connectivity index (χ1n) is 4.65. The summed E-state index contributed by atoms with van der Waals surface area (Å²) >= 11 is 0. The van der Waals surface area contributed by atoms with Gasteiger partial charge in [0.05, 0.1) is 10.5 Å². The zero-order chi connectivity index (χ0) is 12.4. The number of rotatable bonds is 2. The fourth-order valence-electron chi connectivity index (χ4n) is 1.41. The molecule has 0 radical (unpaired) electrons. The predicted octanol–water partition coefficient (Wildman–Crippen LogP) is 0.638. The second-order valence-electron chi connectivity index (χ2n) is 3.29. The van der Waals surface area contributed by atoms with Crippen LogP contribution in [0.1, 0.15) is 0 Å². The Kier molecular flexibility index (Phi) is 2.57. The second-order valence-corrected chi connectivity index (χ2v) is 3.29. The van der Waals surface area contributed by atoms with E-state index in [-0.39, 0.29) is 11.3 Å². The Morgan fingerprint density at radius 1 is 1.24 bits per heavy atom. The van der Waals surface area contributed by atoms with Crippen LogP contribution in [-0.2, 0) is 0 Å². The molecule has 0 aliphatic heterocycles. The van der Waals surface area contributed by atoms with Crippen molar-refractivity contribution >= 4 is 5.69 Å². The lowest BCUT2D eigenvalue weighted by atomic mass is 10.1. The minimum absolute atomic E-state index is 0.117. The van der Waals surface area contributed by atoms with Crippen LogP contribution in [0.4, 0.5) is 5.69 Å². The number of nitro groups is 1. The van der Waals surface area contributed by atoms with E-state index in [1.807, 2.05) is 4.98 Å². The standard InChI is InChI=1S/C10H7N3O4/c14-9-8(5-11-10(15)12-9)6-2-1-3-7(4-6)13(16)17/h1-5H,(H2,11,12,14,15). The quantitative estimate of drug-likeness (QED) is 0.585. The molecular weight excluding hydrogens is 226 g/mol. The van der Waals surface area contributed by atoms with Gasteiger partial charge in [0.15, 0.2) is 0 Å². The highest BCUT2D eigenvalue weighted by Crippen LogP contribution is 2.19. The number of nitro benzene ring substituents is 1. The van der Waals surface area contributed by atoms with Crippen LogP contribution < -0.4 is 11.2 Å². The van der Waals surface area contributed by atoms with Gasteiger partial charge in [-0.15, -0.1) is 0 Å². The van der Waals surface area contributed by atoms with E-state index in [4.69, 9.17) is 0 Å². The molecule has 0 amide bonds. The predicted molar refractivity (Wildman–Crippen MR) is 59.8 cm³/mol. The summed E-state index contributed by atoms with van der Waals surface area (Å²) in [5.74, 6) is 0. The molecule has 1 heterocycles. The average molecular weight is 233 g/mol. The van der Waals surface area contributed by atoms with E-state index >= 15 is 0 Å². The van der Waals surface area contributed by atoms with Crippen LogP contribution in [0.5, 0.6) is 0 Å². The third-order valence-electron chi connectivity index (χ3n) is 2.19. The summed E-state index contributed by atoms with van der Waals surface area (Å²) in [7, 11) is 0. The van der Waals surface area contributed by atoms with Crippen molar-refractivity contribution in [3.05, 3.63) is 61.4 Å². The van der Waals surface area contributed by atoms with Crippen molar-refractivity contribution in [2.24, 2.45) is 0 Å². The Hall–Kier alpha value is -2.70. The van der Waals surface area contributed by atoms with Gasteiger partial charge >= 0.3 is 5.69 Å². The number of nitrogens with zero attached hydrogens (tertiary/aromatic N) is 1.